The molecule has 166 valence electrons. The van der Waals surface area contributed by atoms with Crippen LogP contribution in [0.1, 0.15) is 78.8 Å². The summed E-state index contributed by atoms with van der Waals surface area (Å²) < 4.78 is 46.8. The number of rotatable bonds is 4. The summed E-state index contributed by atoms with van der Waals surface area (Å²) in [7, 11) is 0. The zero-order valence-corrected chi connectivity index (χ0v) is 17.6. The lowest BCUT2D eigenvalue weighted by molar-refractivity contribution is -0.142. The number of carbonyl (C=O) groups is 1. The fourth-order valence-electron chi connectivity index (χ4n) is 3.83. The summed E-state index contributed by atoms with van der Waals surface area (Å²) in [4.78, 5) is 18.7. The third-order valence-electron chi connectivity index (χ3n) is 5.67. The lowest BCUT2D eigenvalue weighted by Crippen LogP contribution is -2.38. The fraction of sp³-hybridized carbons (Fsp3) is 0.524. The minimum atomic E-state index is -4.53. The number of hydrogen-bond acceptors (Lipinski definition) is 5. The normalized spacial score (nSPS) is 15.9. The molecule has 1 saturated heterocycles. The van der Waals surface area contributed by atoms with Crippen molar-refractivity contribution in [2.45, 2.75) is 58.0 Å². The van der Waals surface area contributed by atoms with Gasteiger partial charge in [0.25, 0.3) is 5.91 Å². The number of aryl methyl sites for hydroxylation is 1. The van der Waals surface area contributed by atoms with Gasteiger partial charge in [-0.1, -0.05) is 25.9 Å². The molecule has 0 atom stereocenters. The highest BCUT2D eigenvalue weighted by Gasteiger charge is 2.36. The van der Waals surface area contributed by atoms with Crippen LogP contribution >= 0.6 is 0 Å². The van der Waals surface area contributed by atoms with E-state index < -0.39 is 11.9 Å². The van der Waals surface area contributed by atoms with E-state index in [1.807, 2.05) is 6.92 Å². The van der Waals surface area contributed by atoms with E-state index in [4.69, 9.17) is 4.52 Å². The second-order valence-electron chi connectivity index (χ2n) is 8.16. The van der Waals surface area contributed by atoms with Crippen LogP contribution < -0.4 is 0 Å². The number of nitrogens with zero attached hydrogens (tertiary/aromatic N) is 5. The van der Waals surface area contributed by atoms with E-state index in [1.165, 1.54) is 0 Å². The summed E-state index contributed by atoms with van der Waals surface area (Å²) in [6.45, 7) is 6.48. The summed E-state index contributed by atoms with van der Waals surface area (Å²) in [6, 6.07) is 4.35. The van der Waals surface area contributed by atoms with Gasteiger partial charge in [0, 0.05) is 43.3 Å². The van der Waals surface area contributed by atoms with Crippen LogP contribution in [0.4, 0.5) is 13.2 Å². The Morgan fingerprint density at radius 2 is 1.94 bits per heavy atom. The van der Waals surface area contributed by atoms with E-state index in [2.05, 4.69) is 15.2 Å². The van der Waals surface area contributed by atoms with Gasteiger partial charge >= 0.3 is 6.18 Å². The number of carbonyl (C=O) groups excluding carboxylic acids is 1. The van der Waals surface area contributed by atoms with Crippen LogP contribution in [0.15, 0.2) is 22.7 Å². The quantitative estimate of drug-likeness (QED) is 0.606. The first-order chi connectivity index (χ1) is 14.7. The topological polar surface area (TPSA) is 76.5 Å². The minimum absolute atomic E-state index is 0.0437. The monoisotopic (exact) mass is 435 g/mol. The van der Waals surface area contributed by atoms with Gasteiger partial charge in [0.2, 0.25) is 0 Å². The molecule has 10 heteroatoms. The lowest BCUT2D eigenvalue weighted by Gasteiger charge is -2.30. The lowest BCUT2D eigenvalue weighted by atomic mass is 9.93. The first-order valence-corrected chi connectivity index (χ1v) is 10.4. The van der Waals surface area contributed by atoms with Gasteiger partial charge in [-0.15, -0.1) is 0 Å². The molecule has 0 saturated carbocycles. The third kappa shape index (κ3) is 4.15. The smallest absolute Gasteiger partial charge is 0.361 e. The van der Waals surface area contributed by atoms with E-state index in [0.717, 1.165) is 10.6 Å². The first-order valence-electron chi connectivity index (χ1n) is 10.4. The van der Waals surface area contributed by atoms with E-state index in [-0.39, 0.29) is 29.1 Å². The van der Waals surface area contributed by atoms with Gasteiger partial charge in [0.1, 0.15) is 11.5 Å². The zero-order chi connectivity index (χ0) is 22.3. The van der Waals surface area contributed by atoms with Crippen LogP contribution in [0, 0.1) is 0 Å². The average Bonchev–Trinajstić information content (AvgIpc) is 3.38. The van der Waals surface area contributed by atoms with Crippen molar-refractivity contribution in [3.05, 3.63) is 46.7 Å². The van der Waals surface area contributed by atoms with E-state index in [9.17, 15) is 18.0 Å². The molecule has 0 spiro atoms. The maximum absolute atomic E-state index is 13.6. The Hall–Kier alpha value is -2.91. The van der Waals surface area contributed by atoms with Crippen LogP contribution in [0.25, 0.3) is 5.65 Å². The highest BCUT2D eigenvalue weighted by Crippen LogP contribution is 2.33. The molecule has 7 nitrogen and oxygen atoms in total. The number of piperidine rings is 1. The fourth-order valence-corrected chi connectivity index (χ4v) is 3.83. The third-order valence-corrected chi connectivity index (χ3v) is 5.67. The highest BCUT2D eigenvalue weighted by atomic mass is 19.4. The van der Waals surface area contributed by atoms with Crippen molar-refractivity contribution in [1.29, 1.82) is 0 Å². The van der Waals surface area contributed by atoms with Gasteiger partial charge < -0.3 is 9.42 Å². The molecule has 0 bridgehead atoms. The molecule has 31 heavy (non-hydrogen) atoms. The number of likely N-dealkylation sites (tertiary alicyclic amines) is 1. The number of aromatic nitrogens is 4. The average molecular weight is 435 g/mol. The Morgan fingerprint density at radius 3 is 2.52 bits per heavy atom. The van der Waals surface area contributed by atoms with Crippen molar-refractivity contribution in [2.75, 3.05) is 13.1 Å². The SMILES string of the molecule is CCc1cc(C(=O)N2CCC(c3cc4nc(C(C)C)cc(C(F)(F)F)n4n3)CC2)no1. The molecule has 4 rings (SSSR count). The van der Waals surface area contributed by atoms with Crippen LogP contribution in [0.3, 0.4) is 0 Å². The maximum atomic E-state index is 13.6. The van der Waals surface area contributed by atoms with Gasteiger partial charge in [-0.05, 0) is 24.8 Å². The van der Waals surface area contributed by atoms with Gasteiger partial charge in [-0.25, -0.2) is 9.50 Å². The Labute approximate surface area is 177 Å². The predicted molar refractivity (Wildman–Crippen MR) is 106 cm³/mol. The summed E-state index contributed by atoms with van der Waals surface area (Å²) in [6.07, 6.45) is -2.67. The maximum Gasteiger partial charge on any atom is 0.433 e. The summed E-state index contributed by atoms with van der Waals surface area (Å²) in [5, 5.41) is 8.08. The Morgan fingerprint density at radius 1 is 1.23 bits per heavy atom. The van der Waals surface area contributed by atoms with Crippen LogP contribution in [0.2, 0.25) is 0 Å². The molecular formula is C21H24F3N5O2. The standard InChI is InChI=1S/C21H24F3N5O2/c1-4-14-9-17(27-31-14)20(30)28-7-5-13(6-8-28)16-11-19-25-15(12(2)3)10-18(21(22,23)24)29(19)26-16/h9-13H,4-8H2,1-3H3. The molecule has 0 N–H and O–H groups in total. The molecule has 4 heterocycles. The molecule has 1 fully saturated rings. The predicted octanol–water partition coefficient (Wildman–Crippen LogP) is 4.44. The number of halogens is 3. The van der Waals surface area contributed by atoms with Crippen LogP contribution in [-0.2, 0) is 12.6 Å². The van der Waals surface area contributed by atoms with E-state index >= 15 is 0 Å². The van der Waals surface area contributed by atoms with Crippen LogP contribution in [0.5, 0.6) is 0 Å². The van der Waals surface area contributed by atoms with Crippen molar-refractivity contribution in [1.82, 2.24) is 24.7 Å². The molecular weight excluding hydrogens is 411 g/mol. The highest BCUT2D eigenvalue weighted by molar-refractivity contribution is 5.92. The van der Waals surface area contributed by atoms with Gasteiger partial charge in [0.15, 0.2) is 11.3 Å². The minimum Gasteiger partial charge on any atom is -0.361 e. The van der Waals surface area contributed by atoms with Gasteiger partial charge in [-0.3, -0.25) is 4.79 Å². The molecule has 3 aromatic rings. The second-order valence-corrected chi connectivity index (χ2v) is 8.16. The molecule has 1 aliphatic rings. The molecule has 1 amide bonds. The molecule has 0 aromatic carbocycles. The van der Waals surface area contributed by atoms with Crippen molar-refractivity contribution < 1.29 is 22.5 Å². The Bertz CT molecular complexity index is 1090. The summed E-state index contributed by atoms with van der Waals surface area (Å²) in [5.74, 6) is 0.275. The van der Waals surface area contributed by atoms with Crippen molar-refractivity contribution in [3.63, 3.8) is 0 Å². The van der Waals surface area contributed by atoms with Crippen molar-refractivity contribution in [2.24, 2.45) is 0 Å². The molecule has 3 aromatic heterocycles. The van der Waals surface area contributed by atoms with Crippen LogP contribution in [-0.4, -0.2) is 43.7 Å². The molecule has 1 aliphatic heterocycles. The number of amides is 1. The number of fused-ring (bicyclic) bond motifs is 1. The number of alkyl halides is 3. The van der Waals surface area contributed by atoms with E-state index in [0.29, 0.717) is 49.5 Å². The van der Waals surface area contributed by atoms with Gasteiger partial charge in [0.05, 0.1) is 5.69 Å². The summed E-state index contributed by atoms with van der Waals surface area (Å²) >= 11 is 0. The second kappa shape index (κ2) is 7.97. The first kappa shape index (κ1) is 21.3. The molecule has 0 radical (unpaired) electrons. The number of hydrogen-bond donors (Lipinski definition) is 0. The zero-order valence-electron chi connectivity index (χ0n) is 17.6. The molecule has 0 aliphatic carbocycles. The van der Waals surface area contributed by atoms with E-state index in [1.54, 1.807) is 30.9 Å². The Balaban J connectivity index is 1.54. The largest absolute Gasteiger partial charge is 0.433 e. The van der Waals surface area contributed by atoms with Gasteiger partial charge in [-0.2, -0.15) is 18.3 Å². The van der Waals surface area contributed by atoms with Crippen molar-refractivity contribution in [3.8, 4) is 0 Å². The Kier molecular flexibility index (Phi) is 5.49. The summed E-state index contributed by atoms with van der Waals surface area (Å²) in [5.41, 5.74) is 0.606. The molecule has 0 unspecified atom stereocenters. The van der Waals surface area contributed by atoms with Crippen molar-refractivity contribution >= 4 is 11.6 Å².